The molecule has 3 nitrogen and oxygen atoms in total. The topological polar surface area (TPSA) is 38.7 Å². The number of hydrogen-bond donors (Lipinski definition) is 0. The van der Waals surface area contributed by atoms with Gasteiger partial charge in [-0.1, -0.05) is 157 Å². The third-order valence-electron chi connectivity index (χ3n) is 3.39. The molecule has 0 spiro atoms. The van der Waals surface area contributed by atoms with Gasteiger partial charge in [-0.05, 0) is 54.2 Å². The van der Waals surface area contributed by atoms with Crippen molar-refractivity contribution < 1.29 is 0 Å². The largest absolute Gasteiger partial charge is 0.264 e. The molecule has 0 amide bonds. The van der Waals surface area contributed by atoms with Gasteiger partial charge in [-0.25, -0.2) is 0 Å². The summed E-state index contributed by atoms with van der Waals surface area (Å²) in [6.07, 6.45) is 14.3. The van der Waals surface area contributed by atoms with Crippen LogP contribution in [0, 0.1) is 0 Å². The minimum atomic E-state index is 0. The Hall–Kier alpha value is -2.55. The second kappa shape index (κ2) is 83.2. The predicted molar refractivity (Wildman–Crippen MR) is 198 cm³/mol. The summed E-state index contributed by atoms with van der Waals surface area (Å²) in [5.41, 5.74) is 3.90. The smallest absolute Gasteiger partial charge is 0.0299 e. The van der Waals surface area contributed by atoms with Crippen molar-refractivity contribution in [2.45, 2.75) is 158 Å². The fourth-order valence-electron chi connectivity index (χ4n) is 1.82. The van der Waals surface area contributed by atoms with E-state index >= 15 is 0 Å². The van der Waals surface area contributed by atoms with E-state index in [-0.39, 0.29) is 7.43 Å². The lowest BCUT2D eigenvalue weighted by molar-refractivity contribution is 1.10. The number of aromatic nitrogens is 3. The van der Waals surface area contributed by atoms with E-state index in [2.05, 4.69) is 53.9 Å². The highest BCUT2D eigenvalue weighted by Gasteiger charge is 1.82. The molecule has 246 valence electrons. The van der Waals surface area contributed by atoms with Crippen LogP contribution in [0.25, 0.3) is 0 Å². The first-order valence-electron chi connectivity index (χ1n) is 16.5. The van der Waals surface area contributed by atoms with Crippen molar-refractivity contribution in [1.29, 1.82) is 0 Å². The van der Waals surface area contributed by atoms with Crippen molar-refractivity contribution in [3.05, 3.63) is 90.3 Å². The maximum absolute atomic E-state index is 3.96. The number of hydrogen-bond acceptors (Lipinski definition) is 3. The van der Waals surface area contributed by atoms with E-state index in [9.17, 15) is 0 Å². The van der Waals surface area contributed by atoms with E-state index in [0.29, 0.717) is 0 Å². The highest BCUT2D eigenvalue weighted by molar-refractivity contribution is 5.08. The van der Waals surface area contributed by atoms with Crippen molar-refractivity contribution in [2.24, 2.45) is 0 Å². The monoisotopic (exact) mass is 578 g/mol. The number of aryl methyl sites for hydroxylation is 3. The number of nitrogens with zero attached hydrogens (tertiary/aromatic N) is 3. The number of pyridine rings is 3. The van der Waals surface area contributed by atoms with Gasteiger partial charge in [0, 0.05) is 37.2 Å². The third kappa shape index (κ3) is 62.5. The van der Waals surface area contributed by atoms with Gasteiger partial charge >= 0.3 is 0 Å². The molecule has 3 heteroatoms. The molecular formula is C38H79N3. The quantitative estimate of drug-likeness (QED) is 0.311. The highest BCUT2D eigenvalue weighted by Crippen LogP contribution is 1.95. The van der Waals surface area contributed by atoms with Gasteiger partial charge in [-0.15, -0.1) is 0 Å². The second-order valence-electron chi connectivity index (χ2n) is 5.14. The Morgan fingerprint density at radius 1 is 0.366 bits per heavy atom. The first kappa shape index (κ1) is 62.2. The van der Waals surface area contributed by atoms with Gasteiger partial charge in [-0.3, -0.25) is 15.0 Å². The van der Waals surface area contributed by atoms with Crippen LogP contribution in [0.1, 0.15) is 156 Å². The van der Waals surface area contributed by atoms with Crippen molar-refractivity contribution in [1.82, 2.24) is 15.0 Å². The molecular weight excluding hydrogens is 498 g/mol. The van der Waals surface area contributed by atoms with Gasteiger partial charge in [0.05, 0.1) is 0 Å². The van der Waals surface area contributed by atoms with Crippen LogP contribution in [-0.2, 0) is 19.3 Å². The van der Waals surface area contributed by atoms with Crippen LogP contribution in [0.2, 0.25) is 0 Å². The average molecular weight is 578 g/mol. The third-order valence-corrected chi connectivity index (χ3v) is 3.39. The molecule has 0 saturated heterocycles. The molecule has 0 aliphatic carbocycles. The van der Waals surface area contributed by atoms with Gasteiger partial charge < -0.3 is 0 Å². The molecule has 41 heavy (non-hydrogen) atoms. The zero-order valence-electron chi connectivity index (χ0n) is 30.9. The summed E-state index contributed by atoms with van der Waals surface area (Å²) in [5.74, 6) is 0. The van der Waals surface area contributed by atoms with Crippen molar-refractivity contribution in [3.8, 4) is 0 Å². The van der Waals surface area contributed by atoms with Gasteiger partial charge in [0.15, 0.2) is 0 Å². The first-order chi connectivity index (χ1) is 19.8. The second-order valence-corrected chi connectivity index (χ2v) is 5.14. The zero-order valence-corrected chi connectivity index (χ0v) is 30.9. The minimum absolute atomic E-state index is 0. The van der Waals surface area contributed by atoms with Crippen LogP contribution in [0.3, 0.4) is 0 Å². The van der Waals surface area contributed by atoms with E-state index in [1.54, 1.807) is 18.6 Å². The molecule has 0 bridgehead atoms. The Labute approximate surface area is 263 Å². The summed E-state index contributed by atoms with van der Waals surface area (Å²) in [5, 5.41) is 0. The summed E-state index contributed by atoms with van der Waals surface area (Å²) in [6.45, 7) is 38.4. The van der Waals surface area contributed by atoms with E-state index in [1.807, 2.05) is 148 Å². The van der Waals surface area contributed by atoms with E-state index in [1.165, 1.54) is 16.7 Å². The molecule has 0 fully saturated rings. The molecule has 3 aromatic heterocycles. The Bertz CT molecular complexity index is 534. The molecule has 0 unspecified atom stereocenters. The first-order valence-corrected chi connectivity index (χ1v) is 16.5. The standard InChI is InChI=1S/3C7H9N.8C2H6.CH4/c3*1-2-7-4-3-5-8-6-7;8*1-2;/h3*3-6H,2H2,1H3;8*1-2H3;1H4. The summed E-state index contributed by atoms with van der Waals surface area (Å²) >= 11 is 0. The minimum Gasteiger partial charge on any atom is -0.264 e. The Balaban J connectivity index is -0.0000000426. The predicted octanol–water partition coefficient (Wildman–Crippen LogP) is 13.8. The fraction of sp³-hybridized carbons (Fsp3) is 0.605. The zero-order chi connectivity index (χ0) is 33.5. The highest BCUT2D eigenvalue weighted by atomic mass is 14.6. The summed E-state index contributed by atoms with van der Waals surface area (Å²) in [4.78, 5) is 11.9. The molecule has 0 radical (unpaired) electrons. The lowest BCUT2D eigenvalue weighted by Gasteiger charge is -1.88. The fourth-order valence-corrected chi connectivity index (χ4v) is 1.82. The molecule has 0 aliphatic heterocycles. The lowest BCUT2D eigenvalue weighted by Crippen LogP contribution is -1.77. The Kier molecular flexibility index (Phi) is 126. The van der Waals surface area contributed by atoms with Gasteiger partial charge in [-0.2, -0.15) is 0 Å². The maximum Gasteiger partial charge on any atom is 0.0299 e. The molecule has 3 heterocycles. The van der Waals surface area contributed by atoms with Crippen molar-refractivity contribution >= 4 is 0 Å². The van der Waals surface area contributed by atoms with Crippen LogP contribution in [-0.4, -0.2) is 15.0 Å². The molecule has 0 saturated carbocycles. The van der Waals surface area contributed by atoms with Gasteiger partial charge in [0.2, 0.25) is 0 Å². The van der Waals surface area contributed by atoms with Crippen LogP contribution < -0.4 is 0 Å². The summed E-state index contributed by atoms with van der Waals surface area (Å²) in [6, 6.07) is 12.1. The SMILES string of the molecule is C.CC.CC.CC.CC.CC.CC.CC.CC.CCc1cccnc1.CCc1cccnc1.CCc1cccnc1. The van der Waals surface area contributed by atoms with Crippen molar-refractivity contribution in [2.75, 3.05) is 0 Å². The summed E-state index contributed by atoms with van der Waals surface area (Å²) < 4.78 is 0. The Morgan fingerprint density at radius 2 is 0.537 bits per heavy atom. The van der Waals surface area contributed by atoms with Crippen LogP contribution in [0.15, 0.2) is 73.6 Å². The maximum atomic E-state index is 3.96. The van der Waals surface area contributed by atoms with Gasteiger partial charge in [0.1, 0.15) is 0 Å². The van der Waals surface area contributed by atoms with E-state index in [4.69, 9.17) is 0 Å². The molecule has 0 atom stereocenters. The molecule has 0 aliphatic rings. The van der Waals surface area contributed by atoms with Crippen LogP contribution in [0.4, 0.5) is 0 Å². The average Bonchev–Trinajstić information content (AvgIpc) is 3.13. The molecule has 3 rings (SSSR count). The van der Waals surface area contributed by atoms with Crippen molar-refractivity contribution in [3.63, 3.8) is 0 Å². The van der Waals surface area contributed by atoms with E-state index < -0.39 is 0 Å². The summed E-state index contributed by atoms with van der Waals surface area (Å²) in [7, 11) is 0. The lowest BCUT2D eigenvalue weighted by atomic mass is 10.2. The molecule has 0 aromatic carbocycles. The van der Waals surface area contributed by atoms with Gasteiger partial charge in [0.25, 0.3) is 0 Å². The van der Waals surface area contributed by atoms with E-state index in [0.717, 1.165) is 19.3 Å². The normalized spacial score (nSPS) is 6.51. The molecule has 0 N–H and O–H groups in total. The van der Waals surface area contributed by atoms with Crippen LogP contribution in [0.5, 0.6) is 0 Å². The van der Waals surface area contributed by atoms with Crippen LogP contribution >= 0.6 is 0 Å². The number of rotatable bonds is 3. The Morgan fingerprint density at radius 3 is 0.610 bits per heavy atom. The molecule has 3 aromatic rings.